The van der Waals surface area contributed by atoms with E-state index < -0.39 is 0 Å². The zero-order valence-corrected chi connectivity index (χ0v) is 19.6. The van der Waals surface area contributed by atoms with Gasteiger partial charge in [-0.2, -0.15) is 10.1 Å². The zero-order chi connectivity index (χ0) is 21.7. The molecule has 0 amide bonds. The summed E-state index contributed by atoms with van der Waals surface area (Å²) in [5, 5.41) is 7.89. The Labute approximate surface area is 197 Å². The van der Waals surface area contributed by atoms with Gasteiger partial charge in [0.15, 0.2) is 10.5 Å². The number of hydrazone groups is 1. The van der Waals surface area contributed by atoms with E-state index in [2.05, 4.69) is 59.3 Å². The maximum Gasteiger partial charge on any atom is 0.210 e. The van der Waals surface area contributed by atoms with Gasteiger partial charge in [-0.3, -0.25) is 0 Å². The zero-order valence-electron chi connectivity index (χ0n) is 17.2. The summed E-state index contributed by atoms with van der Waals surface area (Å²) in [4.78, 5) is 15.2. The number of benzene rings is 3. The smallest absolute Gasteiger partial charge is 0.210 e. The van der Waals surface area contributed by atoms with Gasteiger partial charge in [-0.25, -0.2) is 15.0 Å². The number of para-hydroxylation sites is 2. The first-order chi connectivity index (χ1) is 15.6. The van der Waals surface area contributed by atoms with Crippen LogP contribution in [-0.2, 0) is 0 Å². The number of halogens is 1. The number of fused-ring (bicyclic) bond motifs is 2. The molecule has 7 heteroatoms. The van der Waals surface area contributed by atoms with Gasteiger partial charge >= 0.3 is 0 Å². The van der Waals surface area contributed by atoms with Crippen molar-refractivity contribution in [1.29, 1.82) is 0 Å². The Hall–Kier alpha value is -3.16. The highest BCUT2D eigenvalue weighted by Crippen LogP contribution is 2.40. The van der Waals surface area contributed by atoms with Crippen LogP contribution in [-0.4, -0.2) is 20.7 Å². The number of nitrogens with zero attached hydrogens (tertiary/aromatic N) is 5. The lowest BCUT2D eigenvalue weighted by Crippen LogP contribution is -2.18. The highest BCUT2D eigenvalue weighted by atomic mass is 79.9. The summed E-state index contributed by atoms with van der Waals surface area (Å²) in [5.41, 5.74) is 7.01. The molecule has 0 fully saturated rings. The molecule has 0 spiro atoms. The molecule has 5 aromatic rings. The van der Waals surface area contributed by atoms with Crippen LogP contribution in [0, 0.1) is 6.92 Å². The van der Waals surface area contributed by atoms with Gasteiger partial charge in [0.05, 0.1) is 22.8 Å². The van der Waals surface area contributed by atoms with Crippen LogP contribution in [0.15, 0.2) is 82.4 Å². The molecule has 3 aromatic carbocycles. The van der Waals surface area contributed by atoms with Gasteiger partial charge in [-0.15, -0.1) is 0 Å². The number of hydrogen-bond acceptors (Lipinski definition) is 6. The van der Waals surface area contributed by atoms with Gasteiger partial charge in [0.2, 0.25) is 5.13 Å². The van der Waals surface area contributed by atoms with Crippen LogP contribution >= 0.6 is 27.3 Å². The topological polar surface area (TPSA) is 54.3 Å². The van der Waals surface area contributed by atoms with Crippen LogP contribution in [0.3, 0.4) is 0 Å². The largest absolute Gasteiger partial charge is 0.232 e. The SMILES string of the molecule is Cc1ccc(C2CC(c3cccc(Br)c3)=NN2c2nc3nc4ccccc4nc3s2)cc1. The van der Waals surface area contributed by atoms with Crippen molar-refractivity contribution in [2.75, 3.05) is 5.01 Å². The second-order valence-electron chi connectivity index (χ2n) is 7.87. The second-order valence-corrected chi connectivity index (χ2v) is 9.74. The lowest BCUT2D eigenvalue weighted by molar-refractivity contribution is 0.706. The maximum atomic E-state index is 5.04. The van der Waals surface area contributed by atoms with Crippen molar-refractivity contribution in [3.8, 4) is 0 Å². The van der Waals surface area contributed by atoms with Crippen molar-refractivity contribution in [3.05, 3.63) is 94.0 Å². The van der Waals surface area contributed by atoms with E-state index in [1.807, 2.05) is 41.4 Å². The molecule has 0 radical (unpaired) electrons. The number of aromatic nitrogens is 3. The summed E-state index contributed by atoms with van der Waals surface area (Å²) in [5.74, 6) is 0. The number of hydrogen-bond donors (Lipinski definition) is 0. The Morgan fingerprint density at radius 1 is 0.906 bits per heavy atom. The molecule has 0 aliphatic carbocycles. The van der Waals surface area contributed by atoms with E-state index in [4.69, 9.17) is 20.1 Å². The average molecular weight is 500 g/mol. The van der Waals surface area contributed by atoms with Gasteiger partial charge in [0, 0.05) is 10.9 Å². The Bertz CT molecular complexity index is 1440. The van der Waals surface area contributed by atoms with E-state index in [9.17, 15) is 0 Å². The fourth-order valence-electron chi connectivity index (χ4n) is 3.99. The molecule has 1 aliphatic rings. The summed E-state index contributed by atoms with van der Waals surface area (Å²) >= 11 is 5.12. The number of anilines is 1. The first-order valence-corrected chi connectivity index (χ1v) is 12.0. The molecule has 0 saturated carbocycles. The van der Waals surface area contributed by atoms with E-state index in [1.54, 1.807) is 0 Å². The summed E-state index contributed by atoms with van der Waals surface area (Å²) in [6.45, 7) is 2.11. The van der Waals surface area contributed by atoms with Gasteiger partial charge in [-0.1, -0.05) is 81.4 Å². The summed E-state index contributed by atoms with van der Waals surface area (Å²) in [6, 6.07) is 24.9. The van der Waals surface area contributed by atoms with E-state index in [-0.39, 0.29) is 6.04 Å². The fourth-order valence-corrected chi connectivity index (χ4v) is 5.28. The van der Waals surface area contributed by atoms with Crippen molar-refractivity contribution in [3.63, 3.8) is 0 Å². The number of aryl methyl sites for hydroxylation is 1. The maximum absolute atomic E-state index is 5.04. The van der Waals surface area contributed by atoms with Gasteiger partial charge in [0.1, 0.15) is 0 Å². The molecular weight excluding hydrogens is 482 g/mol. The molecule has 0 N–H and O–H groups in total. The number of rotatable bonds is 3. The van der Waals surface area contributed by atoms with Crippen LogP contribution in [0.2, 0.25) is 0 Å². The molecule has 156 valence electrons. The quantitative estimate of drug-likeness (QED) is 0.278. The first-order valence-electron chi connectivity index (χ1n) is 10.4. The van der Waals surface area contributed by atoms with Crippen LogP contribution < -0.4 is 5.01 Å². The molecule has 0 saturated heterocycles. The third kappa shape index (κ3) is 3.47. The third-order valence-corrected chi connectivity index (χ3v) is 7.06. The Morgan fingerprint density at radius 2 is 1.69 bits per heavy atom. The molecule has 1 atom stereocenters. The number of thiazole rings is 1. The molecule has 2 aromatic heterocycles. The molecule has 0 bridgehead atoms. The van der Waals surface area contributed by atoms with Crippen molar-refractivity contribution in [2.24, 2.45) is 5.10 Å². The molecule has 32 heavy (non-hydrogen) atoms. The minimum atomic E-state index is 0.0690. The molecule has 1 unspecified atom stereocenters. The standard InChI is InChI=1S/C25H18BrN5S/c1-15-9-11-16(12-10-15)22-14-21(17-5-4-6-18(26)13-17)30-31(22)25-29-23-24(32-25)28-20-8-3-2-7-19(20)27-23/h2-13,22H,14H2,1H3. The predicted octanol–water partition coefficient (Wildman–Crippen LogP) is 6.67. The Kier molecular flexibility index (Phi) is 4.73. The predicted molar refractivity (Wildman–Crippen MR) is 134 cm³/mol. The van der Waals surface area contributed by atoms with Crippen LogP contribution in [0.25, 0.3) is 21.5 Å². The summed E-state index contributed by atoms with van der Waals surface area (Å²) < 4.78 is 1.04. The van der Waals surface area contributed by atoms with Crippen molar-refractivity contribution in [1.82, 2.24) is 15.0 Å². The first kappa shape index (κ1) is 19.5. The third-order valence-electron chi connectivity index (χ3n) is 5.64. The second kappa shape index (κ2) is 7.76. The molecular formula is C25H18BrN5S. The van der Waals surface area contributed by atoms with Crippen molar-refractivity contribution >= 4 is 59.6 Å². The Balaban J connectivity index is 1.47. The molecule has 3 heterocycles. The van der Waals surface area contributed by atoms with Crippen LogP contribution in [0.5, 0.6) is 0 Å². The van der Waals surface area contributed by atoms with Crippen LogP contribution in [0.1, 0.15) is 29.2 Å². The summed E-state index contributed by atoms with van der Waals surface area (Å²) in [7, 11) is 0. The summed E-state index contributed by atoms with van der Waals surface area (Å²) in [6.07, 6.45) is 0.804. The minimum absolute atomic E-state index is 0.0690. The highest BCUT2D eigenvalue weighted by molar-refractivity contribution is 9.10. The monoisotopic (exact) mass is 499 g/mol. The van der Waals surface area contributed by atoms with E-state index in [0.29, 0.717) is 5.65 Å². The van der Waals surface area contributed by atoms with Gasteiger partial charge in [-0.05, 0) is 42.3 Å². The van der Waals surface area contributed by atoms with Crippen molar-refractivity contribution < 1.29 is 0 Å². The van der Waals surface area contributed by atoms with Gasteiger partial charge < -0.3 is 0 Å². The fraction of sp³-hybridized carbons (Fsp3) is 0.120. The molecule has 6 rings (SSSR count). The van der Waals surface area contributed by atoms with Crippen LogP contribution in [0.4, 0.5) is 5.13 Å². The average Bonchev–Trinajstić information content (AvgIpc) is 3.42. The van der Waals surface area contributed by atoms with E-state index >= 15 is 0 Å². The van der Waals surface area contributed by atoms with E-state index in [0.717, 1.165) is 43.2 Å². The van der Waals surface area contributed by atoms with E-state index in [1.165, 1.54) is 22.5 Å². The molecule has 5 nitrogen and oxygen atoms in total. The Morgan fingerprint density at radius 3 is 2.47 bits per heavy atom. The highest BCUT2D eigenvalue weighted by Gasteiger charge is 2.32. The molecule has 1 aliphatic heterocycles. The normalized spacial score (nSPS) is 16.1. The van der Waals surface area contributed by atoms with Crippen molar-refractivity contribution in [2.45, 2.75) is 19.4 Å². The minimum Gasteiger partial charge on any atom is -0.232 e. The lowest BCUT2D eigenvalue weighted by Gasteiger charge is -2.21. The van der Waals surface area contributed by atoms with Gasteiger partial charge in [0.25, 0.3) is 0 Å². The lowest BCUT2D eigenvalue weighted by atomic mass is 9.98.